The maximum absolute atomic E-state index is 5.37. The van der Waals surface area contributed by atoms with Crippen LogP contribution in [0.2, 0.25) is 0 Å². The van der Waals surface area contributed by atoms with Gasteiger partial charge in [-0.2, -0.15) is 0 Å². The number of nitrogens with zero attached hydrogens (tertiary/aromatic N) is 1. The normalized spacial score (nSPS) is 14.9. The highest BCUT2D eigenvalue weighted by Gasteiger charge is 2.19. The Kier molecular flexibility index (Phi) is 5.63. The molecule has 1 heterocycles. The van der Waals surface area contributed by atoms with Gasteiger partial charge >= 0.3 is 0 Å². The highest BCUT2D eigenvalue weighted by Crippen LogP contribution is 2.27. The zero-order chi connectivity index (χ0) is 14.5. The van der Waals surface area contributed by atoms with E-state index in [1.807, 2.05) is 13.8 Å². The SMILES string of the molecule is C#CCN1CCc2cc(C(C)(C)C)ccc2C1.CC. The van der Waals surface area contributed by atoms with Crippen LogP contribution < -0.4 is 0 Å². The first kappa shape index (κ1) is 15.8. The summed E-state index contributed by atoms with van der Waals surface area (Å²) in [5, 5.41) is 0. The largest absolute Gasteiger partial charge is 0.288 e. The van der Waals surface area contributed by atoms with Crippen molar-refractivity contribution >= 4 is 0 Å². The number of benzene rings is 1. The summed E-state index contributed by atoms with van der Waals surface area (Å²) in [6.07, 6.45) is 6.49. The van der Waals surface area contributed by atoms with Crippen LogP contribution in [-0.4, -0.2) is 18.0 Å². The lowest BCUT2D eigenvalue weighted by Gasteiger charge is -2.29. The van der Waals surface area contributed by atoms with E-state index in [-0.39, 0.29) is 5.41 Å². The summed E-state index contributed by atoms with van der Waals surface area (Å²) in [6, 6.07) is 6.92. The fourth-order valence-corrected chi connectivity index (χ4v) is 2.34. The Morgan fingerprint density at radius 1 is 1.21 bits per heavy atom. The summed E-state index contributed by atoms with van der Waals surface area (Å²) in [6.45, 7) is 13.7. The number of terminal acetylenes is 1. The highest BCUT2D eigenvalue weighted by molar-refractivity contribution is 5.36. The van der Waals surface area contributed by atoms with Gasteiger partial charge in [0.25, 0.3) is 0 Å². The van der Waals surface area contributed by atoms with Crippen LogP contribution >= 0.6 is 0 Å². The third kappa shape index (κ3) is 4.11. The van der Waals surface area contributed by atoms with Crippen LogP contribution in [0.15, 0.2) is 18.2 Å². The van der Waals surface area contributed by atoms with Gasteiger partial charge in [-0.25, -0.2) is 0 Å². The number of hydrogen-bond acceptors (Lipinski definition) is 1. The highest BCUT2D eigenvalue weighted by atomic mass is 15.1. The molecule has 0 aliphatic carbocycles. The molecule has 1 aliphatic heterocycles. The minimum Gasteiger partial charge on any atom is -0.288 e. The number of hydrogen-bond donors (Lipinski definition) is 0. The molecule has 0 aromatic heterocycles. The number of fused-ring (bicyclic) bond motifs is 1. The van der Waals surface area contributed by atoms with Crippen molar-refractivity contribution in [3.63, 3.8) is 0 Å². The Balaban J connectivity index is 0.000000861. The van der Waals surface area contributed by atoms with Gasteiger partial charge in [-0.1, -0.05) is 58.7 Å². The maximum atomic E-state index is 5.37. The zero-order valence-corrected chi connectivity index (χ0v) is 13.1. The summed E-state index contributed by atoms with van der Waals surface area (Å²) in [5.74, 6) is 2.73. The molecule has 0 saturated carbocycles. The third-order valence-electron chi connectivity index (χ3n) is 3.48. The summed E-state index contributed by atoms with van der Waals surface area (Å²) in [5.41, 5.74) is 4.62. The van der Waals surface area contributed by atoms with Gasteiger partial charge in [-0.15, -0.1) is 6.42 Å². The molecule has 0 unspecified atom stereocenters. The predicted molar refractivity (Wildman–Crippen MR) is 84.3 cm³/mol. The van der Waals surface area contributed by atoms with Crippen molar-refractivity contribution in [2.75, 3.05) is 13.1 Å². The smallest absolute Gasteiger partial charge is 0.0601 e. The lowest BCUT2D eigenvalue weighted by atomic mass is 9.84. The second-order valence-corrected chi connectivity index (χ2v) is 5.90. The van der Waals surface area contributed by atoms with Crippen molar-refractivity contribution in [1.82, 2.24) is 4.90 Å². The summed E-state index contributed by atoms with van der Waals surface area (Å²) < 4.78 is 0. The third-order valence-corrected chi connectivity index (χ3v) is 3.48. The molecule has 19 heavy (non-hydrogen) atoms. The van der Waals surface area contributed by atoms with Crippen LogP contribution in [-0.2, 0) is 18.4 Å². The molecule has 1 aromatic rings. The van der Waals surface area contributed by atoms with Crippen molar-refractivity contribution < 1.29 is 0 Å². The van der Waals surface area contributed by atoms with E-state index >= 15 is 0 Å². The first-order valence-corrected chi connectivity index (χ1v) is 7.29. The molecule has 0 spiro atoms. The predicted octanol–water partition coefficient (Wildman–Crippen LogP) is 4.00. The molecule has 0 saturated heterocycles. The van der Waals surface area contributed by atoms with Crippen LogP contribution in [0.3, 0.4) is 0 Å². The van der Waals surface area contributed by atoms with Gasteiger partial charge in [-0.05, 0) is 28.5 Å². The van der Waals surface area contributed by atoms with E-state index in [1.54, 1.807) is 0 Å². The van der Waals surface area contributed by atoms with Gasteiger partial charge in [0.05, 0.1) is 6.54 Å². The average Bonchev–Trinajstić information content (AvgIpc) is 2.40. The van der Waals surface area contributed by atoms with E-state index in [1.165, 1.54) is 16.7 Å². The standard InChI is InChI=1S/C16H21N.C2H6/c1-5-9-17-10-8-13-11-15(16(2,3)4)7-6-14(13)12-17;1-2/h1,6-7,11H,8-10,12H2,2-4H3;1-2H3. The van der Waals surface area contributed by atoms with Gasteiger partial charge in [0.2, 0.25) is 0 Å². The van der Waals surface area contributed by atoms with Crippen LogP contribution in [0.25, 0.3) is 0 Å². The zero-order valence-electron chi connectivity index (χ0n) is 13.1. The molecule has 1 aromatic carbocycles. The molecule has 0 radical (unpaired) electrons. The van der Waals surface area contributed by atoms with E-state index in [0.717, 1.165) is 26.1 Å². The molecule has 0 fully saturated rings. The quantitative estimate of drug-likeness (QED) is 0.687. The number of rotatable bonds is 1. The Bertz CT molecular complexity index is 446. The first-order chi connectivity index (χ1) is 9.00. The molecule has 0 bridgehead atoms. The lowest BCUT2D eigenvalue weighted by Crippen LogP contribution is -2.31. The Labute approximate surface area is 119 Å². The molecule has 1 aliphatic rings. The van der Waals surface area contributed by atoms with Gasteiger partial charge < -0.3 is 0 Å². The Morgan fingerprint density at radius 2 is 1.89 bits per heavy atom. The molecule has 0 atom stereocenters. The Hall–Kier alpha value is -1.26. The van der Waals surface area contributed by atoms with E-state index in [0.29, 0.717) is 0 Å². The van der Waals surface area contributed by atoms with Crippen molar-refractivity contribution in [1.29, 1.82) is 0 Å². The van der Waals surface area contributed by atoms with Crippen molar-refractivity contribution in [2.45, 2.75) is 53.0 Å². The van der Waals surface area contributed by atoms with Crippen molar-refractivity contribution in [3.8, 4) is 12.3 Å². The van der Waals surface area contributed by atoms with Crippen molar-refractivity contribution in [2.24, 2.45) is 0 Å². The fraction of sp³-hybridized carbons (Fsp3) is 0.556. The molecular formula is C18H27N. The molecule has 1 heteroatoms. The molecule has 1 nitrogen and oxygen atoms in total. The van der Waals surface area contributed by atoms with Gasteiger partial charge in [0.1, 0.15) is 0 Å². The average molecular weight is 257 g/mol. The molecule has 2 rings (SSSR count). The fourth-order valence-electron chi connectivity index (χ4n) is 2.34. The van der Waals surface area contributed by atoms with Gasteiger partial charge in [0.15, 0.2) is 0 Å². The topological polar surface area (TPSA) is 3.24 Å². The van der Waals surface area contributed by atoms with Crippen LogP contribution in [0, 0.1) is 12.3 Å². The Morgan fingerprint density at radius 3 is 2.47 bits per heavy atom. The van der Waals surface area contributed by atoms with Gasteiger partial charge in [0, 0.05) is 13.1 Å². The second-order valence-electron chi connectivity index (χ2n) is 5.90. The molecule has 0 amide bonds. The van der Waals surface area contributed by atoms with E-state index in [4.69, 9.17) is 6.42 Å². The van der Waals surface area contributed by atoms with E-state index in [2.05, 4.69) is 49.8 Å². The van der Waals surface area contributed by atoms with E-state index < -0.39 is 0 Å². The molecule has 104 valence electrons. The lowest BCUT2D eigenvalue weighted by molar-refractivity contribution is 0.286. The minimum absolute atomic E-state index is 0.241. The second kappa shape index (κ2) is 6.78. The summed E-state index contributed by atoms with van der Waals surface area (Å²) in [7, 11) is 0. The van der Waals surface area contributed by atoms with E-state index in [9.17, 15) is 0 Å². The minimum atomic E-state index is 0.241. The summed E-state index contributed by atoms with van der Waals surface area (Å²) in [4.78, 5) is 2.33. The van der Waals surface area contributed by atoms with Crippen LogP contribution in [0.4, 0.5) is 0 Å². The monoisotopic (exact) mass is 257 g/mol. The van der Waals surface area contributed by atoms with Crippen LogP contribution in [0.5, 0.6) is 0 Å². The maximum Gasteiger partial charge on any atom is 0.0601 e. The summed E-state index contributed by atoms with van der Waals surface area (Å²) >= 11 is 0. The molecule has 0 N–H and O–H groups in total. The first-order valence-electron chi connectivity index (χ1n) is 7.29. The van der Waals surface area contributed by atoms with Crippen LogP contribution in [0.1, 0.15) is 51.3 Å². The van der Waals surface area contributed by atoms with Gasteiger partial charge in [-0.3, -0.25) is 4.90 Å². The molecular weight excluding hydrogens is 230 g/mol. The van der Waals surface area contributed by atoms with Crippen molar-refractivity contribution in [3.05, 3.63) is 34.9 Å².